The largest absolute Gasteiger partial charge is 0.462 e. The molecule has 0 unspecified atom stereocenters. The molecule has 0 saturated carbocycles. The highest BCUT2D eigenvalue weighted by Crippen LogP contribution is 2.38. The average molecular weight is 256 g/mol. The number of hydrogen-bond donors (Lipinski definition) is 1. The molecule has 6 heteroatoms. The van der Waals surface area contributed by atoms with Crippen LogP contribution < -0.4 is 5.73 Å². The minimum absolute atomic E-state index is 0.238. The fourth-order valence-corrected chi connectivity index (χ4v) is 3.31. The van der Waals surface area contributed by atoms with Crippen LogP contribution >= 0.6 is 23.1 Å². The summed E-state index contributed by atoms with van der Waals surface area (Å²) in [5.41, 5.74) is 6.33. The summed E-state index contributed by atoms with van der Waals surface area (Å²) in [5, 5.41) is 8.86. The monoisotopic (exact) mass is 256 g/mol. The van der Waals surface area contributed by atoms with Crippen molar-refractivity contribution in [2.75, 3.05) is 18.1 Å². The van der Waals surface area contributed by atoms with Gasteiger partial charge in [-0.25, -0.2) is 4.79 Å². The van der Waals surface area contributed by atoms with E-state index in [0.717, 1.165) is 9.96 Å². The molecule has 1 aromatic rings. The molecule has 16 heavy (non-hydrogen) atoms. The molecule has 0 aromatic carbocycles. The number of nitrogens with zero attached hydrogens (tertiary/aromatic N) is 1. The molecule has 0 saturated heterocycles. The lowest BCUT2D eigenvalue weighted by atomic mass is 10.2. The van der Waals surface area contributed by atoms with Crippen molar-refractivity contribution < 1.29 is 9.53 Å². The molecule has 0 aliphatic rings. The number of anilines is 1. The molecule has 1 heterocycles. The third-order valence-corrected chi connectivity index (χ3v) is 4.03. The van der Waals surface area contributed by atoms with Crippen molar-refractivity contribution in [3.63, 3.8) is 0 Å². The second kappa shape index (κ2) is 5.77. The Kier molecular flexibility index (Phi) is 4.65. The molecule has 0 aliphatic heterocycles. The van der Waals surface area contributed by atoms with Gasteiger partial charge in [0.2, 0.25) is 0 Å². The van der Waals surface area contributed by atoms with Crippen LogP contribution in [0.3, 0.4) is 0 Å². The molecule has 86 valence electrons. The standard InChI is InChI=1S/C10H12N2O2S2/c1-3-14-9(13)7-8(12)6(5-11)16-10(7)15-4-2/h3-4,12H2,1-2H3. The number of nitrogen functional groups attached to an aromatic ring is 1. The molecular formula is C10H12N2O2S2. The van der Waals surface area contributed by atoms with E-state index in [2.05, 4.69) is 0 Å². The molecule has 0 spiro atoms. The maximum atomic E-state index is 11.7. The number of nitriles is 1. The first-order valence-electron chi connectivity index (χ1n) is 4.77. The van der Waals surface area contributed by atoms with Gasteiger partial charge in [-0.1, -0.05) is 6.92 Å². The third-order valence-electron chi connectivity index (χ3n) is 1.77. The zero-order valence-corrected chi connectivity index (χ0v) is 10.7. The first-order chi connectivity index (χ1) is 7.65. The SMILES string of the molecule is CCOC(=O)c1c(SCC)sc(C#N)c1N. The number of carbonyl (C=O) groups is 1. The van der Waals surface area contributed by atoms with Crippen molar-refractivity contribution >= 4 is 34.8 Å². The van der Waals surface area contributed by atoms with Gasteiger partial charge in [0, 0.05) is 0 Å². The summed E-state index contributed by atoms with van der Waals surface area (Å²) < 4.78 is 5.68. The Morgan fingerprint density at radius 2 is 2.31 bits per heavy atom. The van der Waals surface area contributed by atoms with E-state index in [0.29, 0.717) is 17.0 Å². The Labute approximate surface area is 102 Å². The van der Waals surface area contributed by atoms with Crippen molar-refractivity contribution in [1.29, 1.82) is 5.26 Å². The second-order valence-corrected chi connectivity index (χ2v) is 5.33. The predicted octanol–water partition coefficient (Wildman–Crippen LogP) is 2.49. The lowest BCUT2D eigenvalue weighted by molar-refractivity contribution is 0.0524. The van der Waals surface area contributed by atoms with Gasteiger partial charge in [0.15, 0.2) is 0 Å². The van der Waals surface area contributed by atoms with Crippen molar-refractivity contribution in [2.24, 2.45) is 0 Å². The topological polar surface area (TPSA) is 76.1 Å². The molecule has 0 aliphatic carbocycles. The predicted molar refractivity (Wildman–Crippen MR) is 65.8 cm³/mol. The fraction of sp³-hybridized carbons (Fsp3) is 0.400. The van der Waals surface area contributed by atoms with E-state index in [1.807, 2.05) is 13.0 Å². The number of esters is 1. The van der Waals surface area contributed by atoms with Crippen molar-refractivity contribution in [2.45, 2.75) is 18.1 Å². The molecule has 0 fully saturated rings. The van der Waals surface area contributed by atoms with Crippen molar-refractivity contribution in [1.82, 2.24) is 0 Å². The van der Waals surface area contributed by atoms with Crippen LogP contribution in [0, 0.1) is 11.3 Å². The van der Waals surface area contributed by atoms with Gasteiger partial charge < -0.3 is 10.5 Å². The van der Waals surface area contributed by atoms with E-state index in [1.54, 1.807) is 6.92 Å². The lowest BCUT2D eigenvalue weighted by Gasteiger charge is -2.03. The quantitative estimate of drug-likeness (QED) is 0.661. The smallest absolute Gasteiger partial charge is 0.342 e. The molecule has 4 nitrogen and oxygen atoms in total. The number of carbonyl (C=O) groups excluding carboxylic acids is 1. The first kappa shape index (κ1) is 12.9. The molecule has 0 atom stereocenters. The van der Waals surface area contributed by atoms with E-state index in [1.165, 1.54) is 23.1 Å². The summed E-state index contributed by atoms with van der Waals surface area (Å²) in [6.07, 6.45) is 0. The maximum Gasteiger partial charge on any atom is 0.342 e. The third kappa shape index (κ3) is 2.49. The number of nitrogens with two attached hydrogens (primary N) is 1. The Morgan fingerprint density at radius 1 is 1.62 bits per heavy atom. The van der Waals surface area contributed by atoms with Crippen LogP contribution in [-0.4, -0.2) is 18.3 Å². The highest BCUT2D eigenvalue weighted by molar-refractivity contribution is 8.01. The Morgan fingerprint density at radius 3 is 2.81 bits per heavy atom. The van der Waals surface area contributed by atoms with Crippen LogP contribution in [0.15, 0.2) is 4.21 Å². The van der Waals surface area contributed by atoms with E-state index in [9.17, 15) is 4.79 Å². The molecule has 0 bridgehead atoms. The fourth-order valence-electron chi connectivity index (χ4n) is 1.13. The molecule has 1 rings (SSSR count). The Bertz CT molecular complexity index is 435. The van der Waals surface area contributed by atoms with Gasteiger partial charge in [-0.3, -0.25) is 0 Å². The van der Waals surface area contributed by atoms with Crippen LogP contribution in [0.5, 0.6) is 0 Å². The van der Waals surface area contributed by atoms with Crippen LogP contribution in [0.4, 0.5) is 5.69 Å². The minimum Gasteiger partial charge on any atom is -0.462 e. The number of thiophene rings is 1. The van der Waals surface area contributed by atoms with Gasteiger partial charge >= 0.3 is 5.97 Å². The molecule has 2 N–H and O–H groups in total. The van der Waals surface area contributed by atoms with E-state index in [4.69, 9.17) is 15.7 Å². The van der Waals surface area contributed by atoms with Crippen molar-refractivity contribution in [3.8, 4) is 6.07 Å². The van der Waals surface area contributed by atoms with Crippen molar-refractivity contribution in [3.05, 3.63) is 10.4 Å². The summed E-state index contributed by atoms with van der Waals surface area (Å²) in [6.45, 7) is 4.01. The van der Waals surface area contributed by atoms with Crippen LogP contribution in [0.2, 0.25) is 0 Å². The first-order valence-corrected chi connectivity index (χ1v) is 6.58. The number of hydrogen-bond acceptors (Lipinski definition) is 6. The van der Waals surface area contributed by atoms with E-state index < -0.39 is 5.97 Å². The zero-order valence-electron chi connectivity index (χ0n) is 9.07. The van der Waals surface area contributed by atoms with Gasteiger partial charge in [0.1, 0.15) is 16.5 Å². The highest BCUT2D eigenvalue weighted by Gasteiger charge is 2.22. The summed E-state index contributed by atoms with van der Waals surface area (Å²) in [7, 11) is 0. The highest BCUT2D eigenvalue weighted by atomic mass is 32.2. The average Bonchev–Trinajstić information content (AvgIpc) is 2.56. The normalized spacial score (nSPS) is 9.81. The summed E-state index contributed by atoms with van der Waals surface area (Å²) in [5.74, 6) is 0.366. The summed E-state index contributed by atoms with van der Waals surface area (Å²) >= 11 is 2.73. The molecule has 0 radical (unpaired) electrons. The Balaban J connectivity index is 3.18. The van der Waals surface area contributed by atoms with E-state index in [-0.39, 0.29) is 5.69 Å². The lowest BCUT2D eigenvalue weighted by Crippen LogP contribution is -2.07. The zero-order chi connectivity index (χ0) is 12.1. The summed E-state index contributed by atoms with van der Waals surface area (Å²) in [6, 6.07) is 1.98. The number of ether oxygens (including phenoxy) is 1. The van der Waals surface area contributed by atoms with Gasteiger partial charge in [-0.2, -0.15) is 5.26 Å². The molecule has 0 amide bonds. The second-order valence-electron chi connectivity index (χ2n) is 2.77. The minimum atomic E-state index is -0.450. The van der Waals surface area contributed by atoms with Gasteiger partial charge in [-0.15, -0.1) is 23.1 Å². The van der Waals surface area contributed by atoms with E-state index >= 15 is 0 Å². The molecular weight excluding hydrogens is 244 g/mol. The van der Waals surface area contributed by atoms with Crippen LogP contribution in [0.25, 0.3) is 0 Å². The maximum absolute atomic E-state index is 11.7. The summed E-state index contributed by atoms with van der Waals surface area (Å²) in [4.78, 5) is 12.0. The van der Waals surface area contributed by atoms with Gasteiger partial charge in [0.05, 0.1) is 16.5 Å². The molecule has 1 aromatic heterocycles. The van der Waals surface area contributed by atoms with Crippen LogP contribution in [-0.2, 0) is 4.74 Å². The van der Waals surface area contributed by atoms with Gasteiger partial charge in [-0.05, 0) is 12.7 Å². The van der Waals surface area contributed by atoms with Gasteiger partial charge in [0.25, 0.3) is 0 Å². The number of rotatable bonds is 4. The number of thioether (sulfide) groups is 1. The Hall–Kier alpha value is -1.19. The van der Waals surface area contributed by atoms with Crippen LogP contribution in [0.1, 0.15) is 29.1 Å².